The van der Waals surface area contributed by atoms with Gasteiger partial charge in [0.25, 0.3) is 0 Å². The number of hydrogen-bond donors (Lipinski definition) is 3. The summed E-state index contributed by atoms with van der Waals surface area (Å²) in [6.45, 7) is 0. The van der Waals surface area contributed by atoms with Crippen molar-refractivity contribution < 1.29 is 9.18 Å². The average molecular weight is 519 g/mol. The Morgan fingerprint density at radius 3 is 2.64 bits per heavy atom. The summed E-state index contributed by atoms with van der Waals surface area (Å²) in [6, 6.07) is 11.4. The fourth-order valence-corrected chi connectivity index (χ4v) is 5.33. The number of para-hydroxylation sites is 1. The molecule has 1 saturated carbocycles. The van der Waals surface area contributed by atoms with Crippen LogP contribution in [0.2, 0.25) is 0 Å². The summed E-state index contributed by atoms with van der Waals surface area (Å²) in [5, 5.41) is 10.4. The van der Waals surface area contributed by atoms with E-state index in [1.165, 1.54) is 6.20 Å². The van der Waals surface area contributed by atoms with E-state index in [0.717, 1.165) is 47.8 Å². The number of halogens is 1. The lowest BCUT2D eigenvalue weighted by atomic mass is 10.1. The van der Waals surface area contributed by atoms with E-state index < -0.39 is 5.82 Å². The molecule has 1 aliphatic rings. The van der Waals surface area contributed by atoms with Crippen molar-refractivity contribution in [2.45, 2.75) is 25.7 Å². The second-order valence-corrected chi connectivity index (χ2v) is 9.74. The first kappa shape index (κ1) is 23.2. The van der Waals surface area contributed by atoms with Gasteiger partial charge >= 0.3 is 0 Å². The highest BCUT2D eigenvalue weighted by Gasteiger charge is 2.24. The molecule has 1 aromatic carbocycles. The summed E-state index contributed by atoms with van der Waals surface area (Å²) >= 11 is 0. The summed E-state index contributed by atoms with van der Waals surface area (Å²) < 4.78 is 16.1. The van der Waals surface area contributed by atoms with Crippen LogP contribution in [-0.2, 0) is 4.79 Å². The molecule has 1 amide bonds. The number of aromatic nitrogens is 7. The molecule has 1 fully saturated rings. The van der Waals surface area contributed by atoms with Gasteiger partial charge in [-0.3, -0.25) is 24.8 Å². The van der Waals surface area contributed by atoms with E-state index in [9.17, 15) is 4.79 Å². The molecule has 5 aromatic heterocycles. The van der Waals surface area contributed by atoms with Gasteiger partial charge in [0.2, 0.25) is 5.91 Å². The van der Waals surface area contributed by atoms with E-state index in [4.69, 9.17) is 4.98 Å². The van der Waals surface area contributed by atoms with Gasteiger partial charge in [0.1, 0.15) is 11.4 Å². The number of H-pyrrole nitrogens is 2. The third kappa shape index (κ3) is 4.10. The molecule has 7 rings (SSSR count). The van der Waals surface area contributed by atoms with Crippen LogP contribution in [0.1, 0.15) is 25.7 Å². The molecule has 0 radical (unpaired) electrons. The number of pyridine rings is 3. The maximum atomic E-state index is 16.1. The molecule has 0 bridgehead atoms. The lowest BCUT2D eigenvalue weighted by molar-refractivity contribution is -0.119. The maximum absolute atomic E-state index is 16.1. The molecule has 5 heterocycles. The van der Waals surface area contributed by atoms with Crippen molar-refractivity contribution in [1.82, 2.24) is 35.1 Å². The zero-order valence-corrected chi connectivity index (χ0v) is 20.8. The minimum atomic E-state index is -0.549. The largest absolute Gasteiger partial charge is 0.337 e. The highest BCUT2D eigenvalue weighted by atomic mass is 19.1. The van der Waals surface area contributed by atoms with E-state index in [0.29, 0.717) is 28.3 Å². The van der Waals surface area contributed by atoms with Gasteiger partial charge in [-0.2, -0.15) is 5.10 Å². The second-order valence-electron chi connectivity index (χ2n) is 9.74. The number of nitrogens with one attached hydrogen (secondary N) is 3. The fourth-order valence-electron chi connectivity index (χ4n) is 5.33. The topological polar surface area (TPSA) is 125 Å². The van der Waals surface area contributed by atoms with Crippen LogP contribution >= 0.6 is 0 Å². The number of rotatable bonds is 5. The van der Waals surface area contributed by atoms with Gasteiger partial charge in [0.15, 0.2) is 11.6 Å². The molecular weight excluding hydrogens is 495 g/mol. The number of fused-ring (bicyclic) bond motifs is 2. The highest BCUT2D eigenvalue weighted by molar-refractivity contribution is 5.98. The van der Waals surface area contributed by atoms with E-state index in [1.54, 1.807) is 30.9 Å². The van der Waals surface area contributed by atoms with Gasteiger partial charge in [0, 0.05) is 35.6 Å². The molecular formula is C29H23FN8O. The number of aromatic amines is 2. The summed E-state index contributed by atoms with van der Waals surface area (Å²) in [4.78, 5) is 33.4. The Balaban J connectivity index is 1.28. The lowest BCUT2D eigenvalue weighted by Crippen LogP contribution is -2.20. The van der Waals surface area contributed by atoms with Crippen LogP contribution in [0.5, 0.6) is 0 Å². The molecule has 0 spiro atoms. The van der Waals surface area contributed by atoms with Gasteiger partial charge in [-0.05, 0) is 42.7 Å². The van der Waals surface area contributed by atoms with Crippen LogP contribution in [0, 0.1) is 11.7 Å². The van der Waals surface area contributed by atoms with Crippen LogP contribution in [0.15, 0.2) is 67.4 Å². The van der Waals surface area contributed by atoms with E-state index in [-0.39, 0.29) is 22.9 Å². The van der Waals surface area contributed by atoms with E-state index >= 15 is 4.39 Å². The van der Waals surface area contributed by atoms with Gasteiger partial charge in [-0.15, -0.1) is 0 Å². The highest BCUT2D eigenvalue weighted by Crippen LogP contribution is 2.35. The van der Waals surface area contributed by atoms with Gasteiger partial charge < -0.3 is 10.3 Å². The SMILES string of the molecule is O=C(Nc1cncc(-c2ncc3[nH]nc(-c4nc5c(-c6ccncc6)cccc5[nH]4)c3c2F)c1)C1CCCC1. The fraction of sp³-hybridized carbons (Fsp3) is 0.172. The van der Waals surface area contributed by atoms with Crippen molar-refractivity contribution in [1.29, 1.82) is 0 Å². The molecule has 192 valence electrons. The van der Waals surface area contributed by atoms with Crippen LogP contribution in [0.3, 0.4) is 0 Å². The zero-order valence-electron chi connectivity index (χ0n) is 20.8. The van der Waals surface area contributed by atoms with Crippen LogP contribution in [0.4, 0.5) is 10.1 Å². The number of nitrogens with zero attached hydrogens (tertiary/aromatic N) is 5. The number of imidazole rings is 1. The van der Waals surface area contributed by atoms with Crippen molar-refractivity contribution in [2.24, 2.45) is 5.92 Å². The number of carbonyl (C=O) groups is 1. The molecule has 39 heavy (non-hydrogen) atoms. The van der Waals surface area contributed by atoms with Gasteiger partial charge in [-0.1, -0.05) is 25.0 Å². The molecule has 0 atom stereocenters. The minimum Gasteiger partial charge on any atom is -0.337 e. The average Bonchev–Trinajstić information content (AvgIpc) is 3.73. The van der Waals surface area contributed by atoms with E-state index in [2.05, 4.69) is 35.5 Å². The number of hydrogen-bond acceptors (Lipinski definition) is 6. The van der Waals surface area contributed by atoms with Crippen molar-refractivity contribution in [3.63, 3.8) is 0 Å². The van der Waals surface area contributed by atoms with Crippen molar-refractivity contribution in [3.8, 4) is 33.9 Å². The van der Waals surface area contributed by atoms with Crippen molar-refractivity contribution in [2.75, 3.05) is 5.32 Å². The second kappa shape index (κ2) is 9.39. The Bertz CT molecular complexity index is 1840. The quantitative estimate of drug-likeness (QED) is 0.261. The van der Waals surface area contributed by atoms with E-state index in [1.807, 2.05) is 30.3 Å². The van der Waals surface area contributed by atoms with Crippen molar-refractivity contribution in [3.05, 3.63) is 73.2 Å². The number of carbonyl (C=O) groups excluding carboxylic acids is 1. The molecule has 9 nitrogen and oxygen atoms in total. The smallest absolute Gasteiger partial charge is 0.227 e. The van der Waals surface area contributed by atoms with Crippen LogP contribution < -0.4 is 5.32 Å². The number of anilines is 1. The first-order valence-corrected chi connectivity index (χ1v) is 12.8. The first-order chi connectivity index (χ1) is 19.2. The first-order valence-electron chi connectivity index (χ1n) is 12.8. The lowest BCUT2D eigenvalue weighted by Gasteiger charge is -2.11. The predicted octanol–water partition coefficient (Wildman–Crippen LogP) is 5.89. The zero-order chi connectivity index (χ0) is 26.3. The minimum absolute atomic E-state index is 0.0104. The molecule has 0 aliphatic heterocycles. The maximum Gasteiger partial charge on any atom is 0.227 e. The summed E-state index contributed by atoms with van der Waals surface area (Å²) in [7, 11) is 0. The Morgan fingerprint density at radius 1 is 0.949 bits per heavy atom. The Hall–Kier alpha value is -4.99. The van der Waals surface area contributed by atoms with Crippen LogP contribution in [-0.4, -0.2) is 41.0 Å². The summed E-state index contributed by atoms with van der Waals surface area (Å²) in [5.74, 6) is -0.128. The molecule has 1 aliphatic carbocycles. The predicted molar refractivity (Wildman–Crippen MR) is 146 cm³/mol. The third-order valence-electron chi connectivity index (χ3n) is 7.28. The molecule has 0 saturated heterocycles. The number of amides is 1. The van der Waals surface area contributed by atoms with Gasteiger partial charge in [-0.25, -0.2) is 9.37 Å². The summed E-state index contributed by atoms with van der Waals surface area (Å²) in [5.41, 5.74) is 5.34. The van der Waals surface area contributed by atoms with Crippen molar-refractivity contribution >= 4 is 33.5 Å². The Morgan fingerprint density at radius 2 is 1.79 bits per heavy atom. The summed E-state index contributed by atoms with van der Waals surface area (Å²) in [6.07, 6.45) is 12.0. The Kier molecular flexibility index (Phi) is 5.58. The van der Waals surface area contributed by atoms with Gasteiger partial charge in [0.05, 0.1) is 40.0 Å². The molecule has 10 heteroatoms. The molecule has 3 N–H and O–H groups in total. The molecule has 6 aromatic rings. The number of benzene rings is 1. The monoisotopic (exact) mass is 518 g/mol. The van der Waals surface area contributed by atoms with Crippen LogP contribution in [0.25, 0.3) is 55.8 Å². The standard InChI is InChI=1S/C29H23FN8O/c30-24-23-22(15-33-25(24)18-12-19(14-32-13-18)34-29(39)17-4-1-2-5-17)37-38-27(23)28-35-21-7-3-6-20(26(21)36-28)16-8-10-31-11-9-16/h3,6-15,17H,1-2,4-5H2,(H,34,39)(H,35,36)(H,37,38). The third-order valence-corrected chi connectivity index (χ3v) is 7.28. The Labute approximate surface area is 222 Å². The normalized spacial score (nSPS) is 13.9. The molecule has 0 unspecified atom stereocenters.